The maximum absolute atomic E-state index is 12.8. The lowest BCUT2D eigenvalue weighted by atomic mass is 9.92. The summed E-state index contributed by atoms with van der Waals surface area (Å²) in [5, 5.41) is 6.05. The molecule has 3 N–H and O–H groups in total. The lowest BCUT2D eigenvalue weighted by Gasteiger charge is -2.28. The quantitative estimate of drug-likeness (QED) is 0.625. The zero-order chi connectivity index (χ0) is 21.0. The van der Waals surface area contributed by atoms with Crippen LogP contribution in [-0.2, 0) is 10.0 Å². The van der Waals surface area contributed by atoms with Crippen molar-refractivity contribution in [2.75, 3.05) is 18.4 Å². The number of benzene rings is 1. The molecule has 2 aromatic rings. The number of sulfonamides is 1. The number of nitrogens with zero attached hydrogens (tertiary/aromatic N) is 1. The van der Waals surface area contributed by atoms with E-state index in [1.165, 1.54) is 12.3 Å². The van der Waals surface area contributed by atoms with Gasteiger partial charge in [-0.25, -0.2) is 18.1 Å². The van der Waals surface area contributed by atoms with Crippen molar-refractivity contribution in [1.82, 2.24) is 15.0 Å². The monoisotopic (exact) mass is 452 g/mol. The molecule has 0 aliphatic carbocycles. The number of rotatable bonds is 6. The molecule has 1 amide bonds. The molecule has 1 aliphatic rings. The average Bonchev–Trinajstić information content (AvgIpc) is 2.70. The third-order valence-electron chi connectivity index (χ3n) is 5.42. The summed E-state index contributed by atoms with van der Waals surface area (Å²) in [6, 6.07) is 8.66. The van der Waals surface area contributed by atoms with Crippen molar-refractivity contribution in [3.63, 3.8) is 0 Å². The zero-order valence-electron chi connectivity index (χ0n) is 17.4. The number of aryl methyl sites for hydroxylation is 2. The average molecular weight is 453 g/mol. The lowest BCUT2D eigenvalue weighted by Crippen LogP contribution is -2.42. The van der Waals surface area contributed by atoms with E-state index in [9.17, 15) is 13.2 Å². The van der Waals surface area contributed by atoms with Gasteiger partial charge in [0.2, 0.25) is 10.0 Å². The van der Waals surface area contributed by atoms with Crippen LogP contribution in [0.5, 0.6) is 0 Å². The highest BCUT2D eigenvalue weighted by atomic mass is 35.5. The van der Waals surface area contributed by atoms with Crippen molar-refractivity contribution in [2.45, 2.75) is 44.6 Å². The molecule has 164 valence electrons. The zero-order valence-corrected chi connectivity index (χ0v) is 19.1. The van der Waals surface area contributed by atoms with Crippen molar-refractivity contribution >= 4 is 34.2 Å². The molecule has 1 aliphatic heterocycles. The molecule has 0 spiro atoms. The topological polar surface area (TPSA) is 100 Å². The Morgan fingerprint density at radius 2 is 1.83 bits per heavy atom. The molecule has 0 saturated carbocycles. The third kappa shape index (κ3) is 5.78. The Labute approximate surface area is 184 Å². The van der Waals surface area contributed by atoms with Gasteiger partial charge in [-0.3, -0.25) is 4.79 Å². The van der Waals surface area contributed by atoms with Crippen LogP contribution in [0.4, 0.5) is 5.82 Å². The standard InChI is InChI=1S/C21H28N4O3S.ClH/c1-14-6-4-5-7-19(14)21(26)24-20-15(2)12-18(13-23-20)29(27,28)25-16(3)17-8-10-22-11-9-17;/h4-7,12-13,16-17,22,25H,8-11H2,1-3H3,(H,23,24,26);1H/t16-;/m1./s1. The predicted molar refractivity (Wildman–Crippen MR) is 121 cm³/mol. The Bertz CT molecular complexity index is 991. The molecule has 2 heterocycles. The second-order valence-electron chi connectivity index (χ2n) is 7.60. The van der Waals surface area contributed by atoms with Gasteiger partial charge in [0.25, 0.3) is 5.91 Å². The van der Waals surface area contributed by atoms with Crippen LogP contribution in [0.2, 0.25) is 0 Å². The molecule has 3 rings (SSSR count). The van der Waals surface area contributed by atoms with Crippen LogP contribution in [-0.4, -0.2) is 38.4 Å². The maximum atomic E-state index is 12.8. The summed E-state index contributed by atoms with van der Waals surface area (Å²) < 4.78 is 28.3. The van der Waals surface area contributed by atoms with Gasteiger partial charge in [0.1, 0.15) is 10.7 Å². The third-order valence-corrected chi connectivity index (χ3v) is 6.94. The van der Waals surface area contributed by atoms with E-state index in [4.69, 9.17) is 0 Å². The summed E-state index contributed by atoms with van der Waals surface area (Å²) in [5.41, 5.74) is 2.00. The number of carbonyl (C=O) groups excluding carboxylic acids is 1. The highest BCUT2D eigenvalue weighted by Gasteiger charge is 2.25. The summed E-state index contributed by atoms with van der Waals surface area (Å²) >= 11 is 0. The number of carbonyl (C=O) groups is 1. The molecule has 7 nitrogen and oxygen atoms in total. The van der Waals surface area contributed by atoms with Crippen molar-refractivity contribution in [3.8, 4) is 0 Å². The number of hydrogen-bond donors (Lipinski definition) is 3. The lowest BCUT2D eigenvalue weighted by molar-refractivity contribution is 0.102. The highest BCUT2D eigenvalue weighted by molar-refractivity contribution is 7.89. The van der Waals surface area contributed by atoms with Crippen LogP contribution in [0.25, 0.3) is 0 Å². The van der Waals surface area contributed by atoms with Gasteiger partial charge in [0.05, 0.1) is 0 Å². The summed E-state index contributed by atoms with van der Waals surface area (Å²) in [6.07, 6.45) is 3.19. The fraction of sp³-hybridized carbons (Fsp3) is 0.429. The van der Waals surface area contributed by atoms with Gasteiger partial charge in [-0.1, -0.05) is 18.2 Å². The Balaban J connectivity index is 0.00000320. The molecule has 1 aromatic heterocycles. The second kappa shape index (κ2) is 10.3. The van der Waals surface area contributed by atoms with Crippen molar-refractivity contribution in [3.05, 3.63) is 53.2 Å². The maximum Gasteiger partial charge on any atom is 0.257 e. The minimum Gasteiger partial charge on any atom is -0.317 e. The van der Waals surface area contributed by atoms with Crippen molar-refractivity contribution in [1.29, 1.82) is 0 Å². The van der Waals surface area contributed by atoms with E-state index in [0.717, 1.165) is 31.5 Å². The van der Waals surface area contributed by atoms with Crippen LogP contribution >= 0.6 is 12.4 Å². The van der Waals surface area contributed by atoms with Gasteiger partial charge < -0.3 is 10.6 Å². The SMILES string of the molecule is Cc1ccccc1C(=O)Nc1ncc(S(=O)(=O)N[C@H](C)C2CCNCC2)cc1C.Cl. The van der Waals surface area contributed by atoms with Gasteiger partial charge in [-0.2, -0.15) is 0 Å². The van der Waals surface area contributed by atoms with Crippen LogP contribution in [0.1, 0.15) is 41.3 Å². The van der Waals surface area contributed by atoms with E-state index in [1.54, 1.807) is 19.1 Å². The Morgan fingerprint density at radius 3 is 2.47 bits per heavy atom. The molecule has 1 atom stereocenters. The van der Waals surface area contributed by atoms with Gasteiger partial charge in [-0.05, 0) is 75.9 Å². The highest BCUT2D eigenvalue weighted by Crippen LogP contribution is 2.21. The van der Waals surface area contributed by atoms with Crippen LogP contribution in [0, 0.1) is 19.8 Å². The molecule has 1 aromatic carbocycles. The fourth-order valence-electron chi connectivity index (χ4n) is 3.58. The Morgan fingerprint density at radius 1 is 1.17 bits per heavy atom. The first-order valence-electron chi connectivity index (χ1n) is 9.84. The van der Waals surface area contributed by atoms with E-state index < -0.39 is 10.0 Å². The van der Waals surface area contributed by atoms with Crippen molar-refractivity contribution < 1.29 is 13.2 Å². The fourth-order valence-corrected chi connectivity index (χ4v) is 4.92. The second-order valence-corrected chi connectivity index (χ2v) is 9.32. The van der Waals surface area contributed by atoms with Gasteiger partial charge in [0, 0.05) is 17.8 Å². The largest absolute Gasteiger partial charge is 0.317 e. The number of aromatic nitrogens is 1. The predicted octanol–water partition coefficient (Wildman–Crippen LogP) is 3.04. The summed E-state index contributed by atoms with van der Waals surface area (Å²) in [4.78, 5) is 16.8. The first-order chi connectivity index (χ1) is 13.8. The van der Waals surface area contributed by atoms with Crippen LogP contribution in [0.3, 0.4) is 0 Å². The molecular formula is C21H29ClN4O3S. The van der Waals surface area contributed by atoms with Gasteiger partial charge in [0.15, 0.2) is 0 Å². The van der Waals surface area contributed by atoms with Crippen LogP contribution in [0.15, 0.2) is 41.4 Å². The molecular weight excluding hydrogens is 424 g/mol. The van der Waals surface area contributed by atoms with Crippen molar-refractivity contribution in [2.24, 2.45) is 5.92 Å². The number of hydrogen-bond acceptors (Lipinski definition) is 5. The number of halogens is 1. The molecule has 0 bridgehead atoms. The number of pyridine rings is 1. The van der Waals surface area contributed by atoms with Crippen LogP contribution < -0.4 is 15.4 Å². The Kier molecular flexibility index (Phi) is 8.37. The van der Waals surface area contributed by atoms with E-state index in [1.807, 2.05) is 26.0 Å². The normalized spacial score (nSPS) is 15.8. The molecule has 30 heavy (non-hydrogen) atoms. The summed E-state index contributed by atoms with van der Waals surface area (Å²) in [6.45, 7) is 7.32. The number of anilines is 1. The molecule has 1 fully saturated rings. The number of nitrogens with one attached hydrogen (secondary N) is 3. The number of piperidine rings is 1. The molecule has 0 radical (unpaired) electrons. The minimum atomic E-state index is -3.68. The van der Waals surface area contributed by atoms with E-state index >= 15 is 0 Å². The number of amides is 1. The summed E-state index contributed by atoms with van der Waals surface area (Å²) in [7, 11) is -3.68. The van der Waals surface area contributed by atoms with Gasteiger partial charge in [-0.15, -0.1) is 12.4 Å². The molecule has 1 saturated heterocycles. The molecule has 9 heteroatoms. The van der Waals surface area contributed by atoms with E-state index in [0.29, 0.717) is 22.9 Å². The van der Waals surface area contributed by atoms with E-state index in [2.05, 4.69) is 20.3 Å². The molecule has 0 unspecified atom stereocenters. The first kappa shape index (κ1) is 24.3. The summed E-state index contributed by atoms with van der Waals surface area (Å²) in [5.74, 6) is 0.392. The Hall–Kier alpha value is -2.00. The minimum absolute atomic E-state index is 0. The van der Waals surface area contributed by atoms with Gasteiger partial charge >= 0.3 is 0 Å². The first-order valence-corrected chi connectivity index (χ1v) is 11.3. The van der Waals surface area contributed by atoms with E-state index in [-0.39, 0.29) is 29.3 Å². The smallest absolute Gasteiger partial charge is 0.257 e.